The third-order valence-corrected chi connectivity index (χ3v) is 2.04. The molecule has 0 amide bonds. The number of epoxide rings is 1. The molecule has 3 nitrogen and oxygen atoms in total. The lowest BCUT2D eigenvalue weighted by molar-refractivity contribution is 0.0600. The lowest BCUT2D eigenvalue weighted by atomic mass is 10.1. The third-order valence-electron chi connectivity index (χ3n) is 2.04. The summed E-state index contributed by atoms with van der Waals surface area (Å²) in [6, 6.07) is 7.29. The van der Waals surface area contributed by atoms with Crippen molar-refractivity contribution in [3.05, 3.63) is 35.4 Å². The van der Waals surface area contributed by atoms with Gasteiger partial charge in [0.2, 0.25) is 0 Å². The van der Waals surface area contributed by atoms with Crippen LogP contribution in [-0.2, 0) is 9.47 Å². The van der Waals surface area contributed by atoms with E-state index < -0.39 is 0 Å². The van der Waals surface area contributed by atoms with Crippen molar-refractivity contribution in [2.24, 2.45) is 0 Å². The van der Waals surface area contributed by atoms with Gasteiger partial charge in [-0.3, -0.25) is 0 Å². The highest BCUT2D eigenvalue weighted by molar-refractivity contribution is 5.89. The molecule has 1 atom stereocenters. The van der Waals surface area contributed by atoms with Gasteiger partial charge >= 0.3 is 5.97 Å². The molecule has 1 aromatic carbocycles. The minimum Gasteiger partial charge on any atom is -0.465 e. The molecule has 13 heavy (non-hydrogen) atoms. The van der Waals surface area contributed by atoms with Crippen molar-refractivity contribution in [3.63, 3.8) is 0 Å². The van der Waals surface area contributed by atoms with Crippen molar-refractivity contribution < 1.29 is 14.3 Å². The fourth-order valence-electron chi connectivity index (χ4n) is 1.19. The first kappa shape index (κ1) is 8.26. The summed E-state index contributed by atoms with van der Waals surface area (Å²) >= 11 is 0. The predicted molar refractivity (Wildman–Crippen MR) is 46.5 cm³/mol. The maximum absolute atomic E-state index is 11.1. The molecule has 1 aromatic rings. The van der Waals surface area contributed by atoms with Crippen LogP contribution in [0.3, 0.4) is 0 Å². The Morgan fingerprint density at radius 1 is 1.46 bits per heavy atom. The number of carbonyl (C=O) groups is 1. The Bertz CT molecular complexity index is 311. The van der Waals surface area contributed by atoms with Crippen molar-refractivity contribution in [2.75, 3.05) is 13.7 Å². The highest BCUT2D eigenvalue weighted by Crippen LogP contribution is 2.29. The Labute approximate surface area is 76.3 Å². The molecule has 1 fully saturated rings. The first-order chi connectivity index (χ1) is 6.31. The minimum atomic E-state index is -0.303. The second kappa shape index (κ2) is 3.18. The van der Waals surface area contributed by atoms with Gasteiger partial charge in [-0.1, -0.05) is 12.1 Å². The molecule has 3 heteroatoms. The summed E-state index contributed by atoms with van der Waals surface area (Å²) in [4.78, 5) is 11.1. The van der Waals surface area contributed by atoms with Gasteiger partial charge < -0.3 is 9.47 Å². The Morgan fingerprint density at radius 2 is 2.08 bits per heavy atom. The summed E-state index contributed by atoms with van der Waals surface area (Å²) in [5.41, 5.74) is 1.69. The summed E-state index contributed by atoms with van der Waals surface area (Å²) in [7, 11) is 1.38. The SMILES string of the molecule is COC(=O)c1ccc([C@@H]2CO2)cc1. The van der Waals surface area contributed by atoms with E-state index in [0.29, 0.717) is 5.56 Å². The van der Waals surface area contributed by atoms with E-state index in [1.165, 1.54) is 7.11 Å². The number of hydrogen-bond acceptors (Lipinski definition) is 3. The minimum absolute atomic E-state index is 0.242. The van der Waals surface area contributed by atoms with Gasteiger partial charge in [0.15, 0.2) is 0 Å². The molecule has 2 rings (SSSR count). The standard InChI is InChI=1S/C10H10O3/c1-12-10(11)8-4-2-7(3-5-8)9-6-13-9/h2-5,9H,6H2,1H3/t9-/m0/s1. The van der Waals surface area contributed by atoms with Crippen LogP contribution >= 0.6 is 0 Å². The number of ether oxygens (including phenoxy) is 2. The van der Waals surface area contributed by atoms with Crippen LogP contribution in [0.15, 0.2) is 24.3 Å². The van der Waals surface area contributed by atoms with Gasteiger partial charge in [-0.2, -0.15) is 0 Å². The molecular weight excluding hydrogens is 168 g/mol. The molecule has 68 valence electrons. The van der Waals surface area contributed by atoms with Crippen molar-refractivity contribution in [3.8, 4) is 0 Å². The van der Waals surface area contributed by atoms with E-state index in [9.17, 15) is 4.79 Å². The van der Waals surface area contributed by atoms with E-state index in [-0.39, 0.29) is 12.1 Å². The fourth-order valence-corrected chi connectivity index (χ4v) is 1.19. The number of rotatable bonds is 2. The highest BCUT2D eigenvalue weighted by Gasteiger charge is 2.24. The topological polar surface area (TPSA) is 38.8 Å². The normalized spacial score (nSPS) is 19.6. The smallest absolute Gasteiger partial charge is 0.337 e. The van der Waals surface area contributed by atoms with Crippen LogP contribution in [0.2, 0.25) is 0 Å². The van der Waals surface area contributed by atoms with Gasteiger partial charge in [0.25, 0.3) is 0 Å². The van der Waals surface area contributed by atoms with Crippen LogP contribution in [0.25, 0.3) is 0 Å². The Hall–Kier alpha value is -1.35. The molecule has 0 aliphatic carbocycles. The largest absolute Gasteiger partial charge is 0.465 e. The van der Waals surface area contributed by atoms with Crippen LogP contribution in [0.1, 0.15) is 22.0 Å². The second-order valence-electron chi connectivity index (χ2n) is 2.94. The summed E-state index contributed by atoms with van der Waals surface area (Å²) < 4.78 is 9.69. The molecule has 0 saturated carbocycles. The van der Waals surface area contributed by atoms with Crippen molar-refractivity contribution >= 4 is 5.97 Å². The number of hydrogen-bond donors (Lipinski definition) is 0. The van der Waals surface area contributed by atoms with Crippen LogP contribution in [0.5, 0.6) is 0 Å². The van der Waals surface area contributed by atoms with Crippen LogP contribution in [-0.4, -0.2) is 19.7 Å². The number of benzene rings is 1. The lowest BCUT2D eigenvalue weighted by Gasteiger charge is -1.99. The second-order valence-corrected chi connectivity index (χ2v) is 2.94. The number of esters is 1. The van der Waals surface area contributed by atoms with Gasteiger partial charge in [-0.25, -0.2) is 4.79 Å². The Kier molecular flexibility index (Phi) is 2.02. The van der Waals surface area contributed by atoms with Crippen molar-refractivity contribution in [1.29, 1.82) is 0 Å². The van der Waals surface area contributed by atoms with Gasteiger partial charge in [0.1, 0.15) is 6.10 Å². The molecular formula is C10H10O3. The molecule has 0 bridgehead atoms. The predicted octanol–water partition coefficient (Wildman–Crippen LogP) is 1.54. The Balaban J connectivity index is 2.17. The van der Waals surface area contributed by atoms with Gasteiger partial charge in [0.05, 0.1) is 19.3 Å². The molecule has 0 spiro atoms. The lowest BCUT2D eigenvalue weighted by Crippen LogP contribution is -2.00. The molecule has 0 unspecified atom stereocenters. The van der Waals surface area contributed by atoms with Crippen LogP contribution in [0.4, 0.5) is 0 Å². The molecule has 1 saturated heterocycles. The average molecular weight is 178 g/mol. The fraction of sp³-hybridized carbons (Fsp3) is 0.300. The summed E-state index contributed by atoms with van der Waals surface area (Å²) in [6.45, 7) is 0.789. The first-order valence-electron chi connectivity index (χ1n) is 4.11. The van der Waals surface area contributed by atoms with Crippen LogP contribution < -0.4 is 0 Å². The average Bonchev–Trinajstić information content (AvgIpc) is 3.00. The quantitative estimate of drug-likeness (QED) is 0.509. The monoisotopic (exact) mass is 178 g/mol. The van der Waals surface area contributed by atoms with Crippen molar-refractivity contribution in [1.82, 2.24) is 0 Å². The molecule has 1 heterocycles. The molecule has 1 aliphatic rings. The summed E-state index contributed by atoms with van der Waals surface area (Å²) in [5, 5.41) is 0. The maximum atomic E-state index is 11.1. The van der Waals surface area contributed by atoms with Gasteiger partial charge in [0, 0.05) is 0 Å². The van der Waals surface area contributed by atoms with Crippen LogP contribution in [0, 0.1) is 0 Å². The van der Waals surface area contributed by atoms with E-state index in [1.807, 2.05) is 12.1 Å². The molecule has 0 aromatic heterocycles. The number of methoxy groups -OCH3 is 1. The van der Waals surface area contributed by atoms with Gasteiger partial charge in [-0.15, -0.1) is 0 Å². The van der Waals surface area contributed by atoms with Crippen molar-refractivity contribution in [2.45, 2.75) is 6.10 Å². The molecule has 0 radical (unpaired) electrons. The highest BCUT2D eigenvalue weighted by atomic mass is 16.6. The summed E-state index contributed by atoms with van der Waals surface area (Å²) in [5.74, 6) is -0.303. The summed E-state index contributed by atoms with van der Waals surface area (Å²) in [6.07, 6.45) is 0.242. The number of carbonyl (C=O) groups excluding carboxylic acids is 1. The van der Waals surface area contributed by atoms with E-state index in [2.05, 4.69) is 4.74 Å². The Morgan fingerprint density at radius 3 is 2.54 bits per heavy atom. The zero-order valence-corrected chi connectivity index (χ0v) is 7.32. The maximum Gasteiger partial charge on any atom is 0.337 e. The van der Waals surface area contributed by atoms with E-state index in [0.717, 1.165) is 12.2 Å². The van der Waals surface area contributed by atoms with E-state index >= 15 is 0 Å². The van der Waals surface area contributed by atoms with E-state index in [1.54, 1.807) is 12.1 Å². The zero-order chi connectivity index (χ0) is 9.26. The third kappa shape index (κ3) is 1.70. The molecule has 0 N–H and O–H groups in total. The van der Waals surface area contributed by atoms with Gasteiger partial charge in [-0.05, 0) is 17.7 Å². The first-order valence-corrected chi connectivity index (χ1v) is 4.11. The zero-order valence-electron chi connectivity index (χ0n) is 7.32. The molecule has 1 aliphatic heterocycles. The van der Waals surface area contributed by atoms with E-state index in [4.69, 9.17) is 4.74 Å².